The fraction of sp³-hybridized carbons (Fsp3) is 0.188. The molecule has 3 rings (SSSR count). The van der Waals surface area contributed by atoms with Crippen LogP contribution in [0.1, 0.15) is 18.4 Å². The van der Waals surface area contributed by atoms with Gasteiger partial charge in [-0.25, -0.2) is 4.98 Å². The van der Waals surface area contributed by atoms with E-state index in [9.17, 15) is 0 Å². The highest BCUT2D eigenvalue weighted by Gasteiger charge is 2.10. The summed E-state index contributed by atoms with van der Waals surface area (Å²) in [5.41, 5.74) is 2.08. The van der Waals surface area contributed by atoms with Gasteiger partial charge in [0, 0.05) is 5.56 Å². The van der Waals surface area contributed by atoms with Crippen molar-refractivity contribution in [1.29, 1.82) is 0 Å². The van der Waals surface area contributed by atoms with E-state index < -0.39 is 0 Å². The van der Waals surface area contributed by atoms with E-state index in [1.807, 2.05) is 19.1 Å². The van der Waals surface area contributed by atoms with Gasteiger partial charge in [0.05, 0.1) is 5.69 Å². The van der Waals surface area contributed by atoms with Crippen molar-refractivity contribution < 1.29 is 4.42 Å². The summed E-state index contributed by atoms with van der Waals surface area (Å²) in [4.78, 5) is 4.54. The highest BCUT2D eigenvalue weighted by atomic mass is 16.4. The smallest absolute Gasteiger partial charge is 0.226 e. The molecule has 0 amide bonds. The molecule has 0 radical (unpaired) electrons. The van der Waals surface area contributed by atoms with E-state index in [0.717, 1.165) is 29.3 Å². The third kappa shape index (κ3) is 1.80. The second-order valence-electron chi connectivity index (χ2n) is 4.44. The molecule has 1 heterocycles. The van der Waals surface area contributed by atoms with E-state index in [4.69, 9.17) is 4.42 Å². The predicted molar refractivity (Wildman–Crippen MR) is 73.6 cm³/mol. The first-order valence-electron chi connectivity index (χ1n) is 6.23. The third-order valence-electron chi connectivity index (χ3n) is 3.22. The molecule has 1 aromatic heterocycles. The summed E-state index contributed by atoms with van der Waals surface area (Å²) in [6.45, 7) is 4.06. The molecule has 18 heavy (non-hydrogen) atoms. The molecule has 0 fully saturated rings. The molecule has 0 saturated heterocycles. The zero-order valence-electron chi connectivity index (χ0n) is 10.6. The van der Waals surface area contributed by atoms with Crippen molar-refractivity contribution in [2.75, 3.05) is 0 Å². The van der Waals surface area contributed by atoms with Crippen LogP contribution in [0.4, 0.5) is 0 Å². The van der Waals surface area contributed by atoms with Gasteiger partial charge >= 0.3 is 0 Å². The van der Waals surface area contributed by atoms with Crippen LogP contribution in [-0.2, 0) is 6.42 Å². The highest BCUT2D eigenvalue weighted by molar-refractivity contribution is 5.86. The molecule has 0 aliphatic carbocycles. The Kier molecular flexibility index (Phi) is 2.63. The lowest BCUT2D eigenvalue weighted by atomic mass is 10.1. The van der Waals surface area contributed by atoms with E-state index in [0.29, 0.717) is 0 Å². The molecular weight excluding hydrogens is 222 g/mol. The molecule has 90 valence electrons. The SMILES string of the molecule is CCc1nc(-c2ccc3ccccc3c2)oc1C. The van der Waals surface area contributed by atoms with Crippen molar-refractivity contribution in [2.45, 2.75) is 20.3 Å². The van der Waals surface area contributed by atoms with Gasteiger partial charge in [0.15, 0.2) is 0 Å². The van der Waals surface area contributed by atoms with Crippen LogP contribution in [0.2, 0.25) is 0 Å². The lowest BCUT2D eigenvalue weighted by Gasteiger charge is -1.99. The normalized spacial score (nSPS) is 11.0. The molecule has 3 aromatic rings. The maximum Gasteiger partial charge on any atom is 0.226 e. The Labute approximate surface area is 106 Å². The summed E-state index contributed by atoms with van der Waals surface area (Å²) < 4.78 is 5.73. The van der Waals surface area contributed by atoms with Gasteiger partial charge in [-0.3, -0.25) is 0 Å². The molecule has 0 aliphatic rings. The molecule has 2 nitrogen and oxygen atoms in total. The first kappa shape index (κ1) is 11.0. The topological polar surface area (TPSA) is 26.0 Å². The Morgan fingerprint density at radius 3 is 2.56 bits per heavy atom. The Bertz CT molecular complexity index is 697. The number of hydrogen-bond donors (Lipinski definition) is 0. The van der Waals surface area contributed by atoms with E-state index in [-0.39, 0.29) is 0 Å². The van der Waals surface area contributed by atoms with Crippen LogP contribution >= 0.6 is 0 Å². The molecular formula is C16H15NO. The van der Waals surface area contributed by atoms with Gasteiger partial charge in [-0.1, -0.05) is 37.3 Å². The maximum absolute atomic E-state index is 5.73. The maximum atomic E-state index is 5.73. The van der Waals surface area contributed by atoms with Crippen molar-refractivity contribution in [2.24, 2.45) is 0 Å². The van der Waals surface area contributed by atoms with Crippen molar-refractivity contribution in [3.63, 3.8) is 0 Å². The number of nitrogens with zero attached hydrogens (tertiary/aromatic N) is 1. The molecule has 2 heteroatoms. The molecule has 0 bridgehead atoms. The average molecular weight is 237 g/mol. The molecule has 0 N–H and O–H groups in total. The van der Waals surface area contributed by atoms with Gasteiger partial charge in [0.1, 0.15) is 5.76 Å². The van der Waals surface area contributed by atoms with Crippen LogP contribution < -0.4 is 0 Å². The zero-order valence-corrected chi connectivity index (χ0v) is 10.6. The van der Waals surface area contributed by atoms with Crippen molar-refractivity contribution in [3.8, 4) is 11.5 Å². The summed E-state index contributed by atoms with van der Waals surface area (Å²) in [6, 6.07) is 14.6. The predicted octanol–water partition coefficient (Wildman–Crippen LogP) is 4.37. The molecule has 0 aliphatic heterocycles. The lowest BCUT2D eigenvalue weighted by Crippen LogP contribution is -1.83. The van der Waals surface area contributed by atoms with Gasteiger partial charge in [-0.15, -0.1) is 0 Å². The number of rotatable bonds is 2. The number of aromatic nitrogens is 1. The summed E-state index contributed by atoms with van der Waals surface area (Å²) in [6.07, 6.45) is 0.906. The number of fused-ring (bicyclic) bond motifs is 1. The molecule has 0 spiro atoms. The zero-order chi connectivity index (χ0) is 12.5. The van der Waals surface area contributed by atoms with Crippen molar-refractivity contribution in [3.05, 3.63) is 53.9 Å². The quantitative estimate of drug-likeness (QED) is 0.661. The van der Waals surface area contributed by atoms with Crippen LogP contribution in [0.5, 0.6) is 0 Å². The van der Waals surface area contributed by atoms with Gasteiger partial charge < -0.3 is 4.42 Å². The number of benzene rings is 2. The fourth-order valence-electron chi connectivity index (χ4n) is 2.20. The lowest BCUT2D eigenvalue weighted by molar-refractivity contribution is 0.540. The summed E-state index contributed by atoms with van der Waals surface area (Å²) >= 11 is 0. The minimum Gasteiger partial charge on any atom is -0.441 e. The van der Waals surface area contributed by atoms with E-state index in [1.165, 1.54) is 10.8 Å². The Morgan fingerprint density at radius 1 is 1.06 bits per heavy atom. The molecule has 0 atom stereocenters. The van der Waals surface area contributed by atoms with Crippen LogP contribution in [0.15, 0.2) is 46.9 Å². The Balaban J connectivity index is 2.13. The Morgan fingerprint density at radius 2 is 1.83 bits per heavy atom. The van der Waals surface area contributed by atoms with Crippen molar-refractivity contribution in [1.82, 2.24) is 4.98 Å². The first-order chi connectivity index (χ1) is 8.78. The van der Waals surface area contributed by atoms with Crippen LogP contribution in [0, 0.1) is 6.92 Å². The van der Waals surface area contributed by atoms with Gasteiger partial charge in [-0.2, -0.15) is 0 Å². The van der Waals surface area contributed by atoms with E-state index in [1.54, 1.807) is 0 Å². The fourth-order valence-corrected chi connectivity index (χ4v) is 2.20. The number of oxazole rings is 1. The van der Waals surface area contributed by atoms with E-state index >= 15 is 0 Å². The number of aryl methyl sites for hydroxylation is 2. The first-order valence-corrected chi connectivity index (χ1v) is 6.23. The standard InChI is InChI=1S/C16H15NO/c1-3-15-11(2)18-16(17-15)14-9-8-12-6-4-5-7-13(12)10-14/h4-10H,3H2,1-2H3. The van der Waals surface area contributed by atoms with Gasteiger partial charge in [0.2, 0.25) is 5.89 Å². The third-order valence-corrected chi connectivity index (χ3v) is 3.22. The summed E-state index contributed by atoms with van der Waals surface area (Å²) in [5, 5.41) is 2.45. The second kappa shape index (κ2) is 4.30. The van der Waals surface area contributed by atoms with Gasteiger partial charge in [-0.05, 0) is 36.2 Å². The number of hydrogen-bond acceptors (Lipinski definition) is 2. The van der Waals surface area contributed by atoms with Gasteiger partial charge in [0.25, 0.3) is 0 Å². The highest BCUT2D eigenvalue weighted by Crippen LogP contribution is 2.25. The molecule has 2 aromatic carbocycles. The van der Waals surface area contributed by atoms with Crippen LogP contribution in [-0.4, -0.2) is 4.98 Å². The van der Waals surface area contributed by atoms with Crippen molar-refractivity contribution >= 4 is 10.8 Å². The minimum absolute atomic E-state index is 0.718. The molecule has 0 unspecified atom stereocenters. The van der Waals surface area contributed by atoms with E-state index in [2.05, 4.69) is 42.2 Å². The monoisotopic (exact) mass is 237 g/mol. The second-order valence-corrected chi connectivity index (χ2v) is 4.44. The summed E-state index contributed by atoms with van der Waals surface area (Å²) in [7, 11) is 0. The van der Waals surface area contributed by atoms with Crippen LogP contribution in [0.3, 0.4) is 0 Å². The molecule has 0 saturated carbocycles. The summed E-state index contributed by atoms with van der Waals surface area (Å²) in [5.74, 6) is 1.63. The Hall–Kier alpha value is -2.09. The largest absolute Gasteiger partial charge is 0.441 e. The average Bonchev–Trinajstić information content (AvgIpc) is 2.79. The van der Waals surface area contributed by atoms with Crippen LogP contribution in [0.25, 0.3) is 22.2 Å². The minimum atomic E-state index is 0.718.